The minimum absolute atomic E-state index is 0.0738. The molecule has 1 aromatic carbocycles. The molecule has 1 spiro atoms. The molecule has 0 radical (unpaired) electrons. The van der Waals surface area contributed by atoms with Gasteiger partial charge in [0.25, 0.3) is 5.91 Å². The van der Waals surface area contributed by atoms with Gasteiger partial charge in [0.2, 0.25) is 5.91 Å². The first kappa shape index (κ1) is 17.7. The number of piperidine rings is 1. The summed E-state index contributed by atoms with van der Waals surface area (Å²) in [5.74, 6) is -0.242. The van der Waals surface area contributed by atoms with Gasteiger partial charge >= 0.3 is 0 Å². The molecule has 6 nitrogen and oxygen atoms in total. The van der Waals surface area contributed by atoms with Crippen LogP contribution < -0.4 is 0 Å². The number of aromatic nitrogens is 2. The molecule has 4 rings (SSSR count). The average molecular weight is 370 g/mol. The van der Waals surface area contributed by atoms with E-state index in [0.29, 0.717) is 38.3 Å². The van der Waals surface area contributed by atoms with E-state index in [-0.39, 0.29) is 17.6 Å². The van der Waals surface area contributed by atoms with Crippen LogP contribution in [0.4, 0.5) is 4.39 Å². The van der Waals surface area contributed by atoms with E-state index in [2.05, 4.69) is 5.10 Å². The predicted octanol–water partition coefficient (Wildman–Crippen LogP) is 2.21. The van der Waals surface area contributed by atoms with Crippen LogP contribution in [0.5, 0.6) is 0 Å². The SMILES string of the molecule is Cn1nccc1C(=O)N1CCC2(CCCN(Cc3ccc(F)cc3)C2=O)C1. The second-order valence-corrected chi connectivity index (χ2v) is 7.55. The maximum Gasteiger partial charge on any atom is 0.272 e. The van der Waals surface area contributed by atoms with Crippen LogP contribution >= 0.6 is 0 Å². The van der Waals surface area contributed by atoms with Gasteiger partial charge in [-0.15, -0.1) is 0 Å². The molecule has 142 valence electrons. The molecule has 3 heterocycles. The average Bonchev–Trinajstić information content (AvgIpc) is 3.28. The zero-order chi connectivity index (χ0) is 19.0. The summed E-state index contributed by atoms with van der Waals surface area (Å²) in [6.45, 7) is 2.22. The highest BCUT2D eigenvalue weighted by Gasteiger charge is 2.49. The van der Waals surface area contributed by atoms with E-state index in [1.807, 2.05) is 4.90 Å². The van der Waals surface area contributed by atoms with E-state index in [1.165, 1.54) is 12.1 Å². The number of likely N-dealkylation sites (tertiary alicyclic amines) is 2. The molecule has 2 aromatic rings. The van der Waals surface area contributed by atoms with Crippen molar-refractivity contribution in [3.63, 3.8) is 0 Å². The van der Waals surface area contributed by atoms with E-state index in [4.69, 9.17) is 0 Å². The van der Waals surface area contributed by atoms with Gasteiger partial charge < -0.3 is 9.80 Å². The molecular formula is C20H23FN4O2. The van der Waals surface area contributed by atoms with Crippen molar-refractivity contribution in [2.24, 2.45) is 12.5 Å². The van der Waals surface area contributed by atoms with Crippen molar-refractivity contribution in [1.29, 1.82) is 0 Å². The van der Waals surface area contributed by atoms with Crippen molar-refractivity contribution in [1.82, 2.24) is 19.6 Å². The van der Waals surface area contributed by atoms with E-state index in [1.54, 1.807) is 41.0 Å². The molecule has 1 aromatic heterocycles. The summed E-state index contributed by atoms with van der Waals surface area (Å²) in [4.78, 5) is 29.6. The lowest BCUT2D eigenvalue weighted by atomic mass is 9.78. The Labute approximate surface area is 157 Å². The first-order chi connectivity index (χ1) is 13.0. The maximum absolute atomic E-state index is 13.2. The smallest absolute Gasteiger partial charge is 0.272 e. The third-order valence-corrected chi connectivity index (χ3v) is 5.79. The summed E-state index contributed by atoms with van der Waals surface area (Å²) in [6.07, 6.45) is 4.02. The third-order valence-electron chi connectivity index (χ3n) is 5.79. The quantitative estimate of drug-likeness (QED) is 0.832. The Morgan fingerprint density at radius 1 is 1.19 bits per heavy atom. The molecule has 2 aliphatic heterocycles. The molecule has 1 unspecified atom stereocenters. The van der Waals surface area contributed by atoms with Gasteiger partial charge in [0.05, 0.1) is 5.41 Å². The number of nitrogens with zero attached hydrogens (tertiary/aromatic N) is 4. The van der Waals surface area contributed by atoms with Gasteiger partial charge in [-0.3, -0.25) is 14.3 Å². The molecule has 1 atom stereocenters. The Hall–Kier alpha value is -2.70. The van der Waals surface area contributed by atoms with Gasteiger partial charge in [-0.25, -0.2) is 4.39 Å². The fraction of sp³-hybridized carbons (Fsp3) is 0.450. The van der Waals surface area contributed by atoms with Crippen molar-refractivity contribution in [3.8, 4) is 0 Å². The number of hydrogen-bond donors (Lipinski definition) is 0. The normalized spacial score (nSPS) is 22.7. The maximum atomic E-state index is 13.2. The highest BCUT2D eigenvalue weighted by molar-refractivity contribution is 5.94. The number of carbonyl (C=O) groups excluding carboxylic acids is 2. The fourth-order valence-corrected chi connectivity index (χ4v) is 4.28. The fourth-order valence-electron chi connectivity index (χ4n) is 4.28. The van der Waals surface area contributed by atoms with Crippen LogP contribution in [0.2, 0.25) is 0 Å². The van der Waals surface area contributed by atoms with Crippen LogP contribution in [0.15, 0.2) is 36.5 Å². The highest BCUT2D eigenvalue weighted by atomic mass is 19.1. The minimum Gasteiger partial charge on any atom is -0.338 e. The zero-order valence-corrected chi connectivity index (χ0v) is 15.4. The number of carbonyl (C=O) groups is 2. The Kier molecular flexibility index (Phi) is 4.45. The number of aryl methyl sites for hydroxylation is 1. The van der Waals surface area contributed by atoms with Gasteiger partial charge in [0.1, 0.15) is 11.5 Å². The van der Waals surface area contributed by atoms with Crippen molar-refractivity contribution < 1.29 is 14.0 Å². The van der Waals surface area contributed by atoms with E-state index in [0.717, 1.165) is 18.4 Å². The third kappa shape index (κ3) is 3.22. The van der Waals surface area contributed by atoms with Crippen LogP contribution in [-0.4, -0.2) is 51.0 Å². The van der Waals surface area contributed by atoms with Gasteiger partial charge in [-0.1, -0.05) is 12.1 Å². The van der Waals surface area contributed by atoms with Crippen molar-refractivity contribution in [2.45, 2.75) is 25.8 Å². The minimum atomic E-state index is -0.494. The lowest BCUT2D eigenvalue weighted by molar-refractivity contribution is -0.146. The van der Waals surface area contributed by atoms with E-state index in [9.17, 15) is 14.0 Å². The highest BCUT2D eigenvalue weighted by Crippen LogP contribution is 2.40. The van der Waals surface area contributed by atoms with Crippen LogP contribution in [0.3, 0.4) is 0 Å². The molecule has 0 bridgehead atoms. The molecule has 0 aliphatic carbocycles. The van der Waals surface area contributed by atoms with Gasteiger partial charge in [0.15, 0.2) is 0 Å². The molecule has 2 saturated heterocycles. The molecule has 0 N–H and O–H groups in total. The lowest BCUT2D eigenvalue weighted by Gasteiger charge is -2.39. The predicted molar refractivity (Wildman–Crippen MR) is 97.2 cm³/mol. The van der Waals surface area contributed by atoms with Gasteiger partial charge in [0, 0.05) is 39.4 Å². The van der Waals surface area contributed by atoms with Crippen molar-refractivity contribution in [2.75, 3.05) is 19.6 Å². The summed E-state index contributed by atoms with van der Waals surface area (Å²) >= 11 is 0. The molecule has 2 fully saturated rings. The van der Waals surface area contributed by atoms with E-state index >= 15 is 0 Å². The topological polar surface area (TPSA) is 58.4 Å². The molecule has 7 heteroatoms. The van der Waals surface area contributed by atoms with Crippen molar-refractivity contribution >= 4 is 11.8 Å². The molecule has 2 aliphatic rings. The standard InChI is InChI=1S/C20H23FN4O2/c1-23-17(7-10-22-23)18(26)25-12-9-20(14-25)8-2-11-24(19(20)27)13-15-3-5-16(21)6-4-15/h3-7,10H,2,8-9,11-14H2,1H3. The Morgan fingerprint density at radius 2 is 1.96 bits per heavy atom. The van der Waals surface area contributed by atoms with Crippen LogP contribution in [0, 0.1) is 11.2 Å². The van der Waals surface area contributed by atoms with Gasteiger partial charge in [-0.2, -0.15) is 5.10 Å². The molecule has 2 amide bonds. The largest absolute Gasteiger partial charge is 0.338 e. The summed E-state index contributed by atoms with van der Waals surface area (Å²) in [5.41, 5.74) is 0.966. The molecule has 0 saturated carbocycles. The molecule has 27 heavy (non-hydrogen) atoms. The second kappa shape index (κ2) is 6.79. The van der Waals surface area contributed by atoms with Crippen LogP contribution in [0.1, 0.15) is 35.3 Å². The Bertz CT molecular complexity index is 863. The zero-order valence-electron chi connectivity index (χ0n) is 15.4. The first-order valence-corrected chi connectivity index (χ1v) is 9.30. The number of amides is 2. The second-order valence-electron chi connectivity index (χ2n) is 7.55. The lowest BCUT2D eigenvalue weighted by Crippen LogP contribution is -2.50. The Morgan fingerprint density at radius 3 is 2.67 bits per heavy atom. The summed E-state index contributed by atoms with van der Waals surface area (Å²) < 4.78 is 14.7. The Balaban J connectivity index is 1.48. The summed E-state index contributed by atoms with van der Waals surface area (Å²) in [6, 6.07) is 7.98. The van der Waals surface area contributed by atoms with E-state index < -0.39 is 5.41 Å². The monoisotopic (exact) mass is 370 g/mol. The number of halogens is 1. The van der Waals surface area contributed by atoms with Crippen LogP contribution in [0.25, 0.3) is 0 Å². The van der Waals surface area contributed by atoms with Crippen molar-refractivity contribution in [3.05, 3.63) is 53.6 Å². The molecular weight excluding hydrogens is 347 g/mol. The summed E-state index contributed by atoms with van der Waals surface area (Å²) in [5, 5.41) is 4.06. The first-order valence-electron chi connectivity index (χ1n) is 9.30. The summed E-state index contributed by atoms with van der Waals surface area (Å²) in [7, 11) is 1.75. The number of rotatable bonds is 3. The number of benzene rings is 1. The number of hydrogen-bond acceptors (Lipinski definition) is 3. The van der Waals surface area contributed by atoms with Crippen LogP contribution in [-0.2, 0) is 18.4 Å². The van der Waals surface area contributed by atoms with Gasteiger partial charge in [-0.05, 0) is 43.0 Å².